The zero-order valence-electron chi connectivity index (χ0n) is 14.9. The lowest BCUT2D eigenvalue weighted by Gasteiger charge is -2.30. The number of hydrogen-bond acceptors (Lipinski definition) is 8. The predicted octanol–water partition coefficient (Wildman–Crippen LogP) is -0.826. The minimum Gasteiger partial charge on any atom is -0.394 e. The van der Waals surface area contributed by atoms with E-state index in [0.29, 0.717) is 5.82 Å². The summed E-state index contributed by atoms with van der Waals surface area (Å²) in [6.07, 6.45) is -3.20. The first-order valence-electron chi connectivity index (χ1n) is 8.33. The monoisotopic (exact) mass is 375 g/mol. The molecule has 0 unspecified atom stereocenters. The predicted molar refractivity (Wildman–Crippen MR) is 95.5 cm³/mol. The summed E-state index contributed by atoms with van der Waals surface area (Å²) in [5.41, 5.74) is -3.10. The molecule has 1 aliphatic rings. The fourth-order valence-corrected chi connectivity index (χ4v) is 3.09. The fraction of sp³-hybridized carbons (Fsp3) is 0.389. The van der Waals surface area contributed by atoms with E-state index in [0.717, 1.165) is 4.57 Å². The van der Waals surface area contributed by atoms with Crippen LogP contribution < -0.4 is 10.6 Å². The van der Waals surface area contributed by atoms with Crippen molar-refractivity contribution < 1.29 is 24.9 Å². The Bertz CT molecular complexity index is 884. The van der Waals surface area contributed by atoms with Crippen LogP contribution in [0.3, 0.4) is 0 Å². The number of aliphatic hydroxyl groups excluding tert-OH is 2. The number of nitrogens with zero attached hydrogens (tertiary/aromatic N) is 3. The second-order valence-corrected chi connectivity index (χ2v) is 6.54. The highest BCUT2D eigenvalue weighted by Gasteiger charge is 2.61. The summed E-state index contributed by atoms with van der Waals surface area (Å²) in [6, 6.07) is 9.38. The highest BCUT2D eigenvalue weighted by Crippen LogP contribution is 2.40. The molecule has 27 heavy (non-hydrogen) atoms. The minimum absolute atomic E-state index is 0.136. The summed E-state index contributed by atoms with van der Waals surface area (Å²) in [5, 5.41) is 31.1. The average molecular weight is 375 g/mol. The molecule has 9 heteroatoms. The lowest BCUT2D eigenvalue weighted by Crippen LogP contribution is -2.54. The number of benzene rings is 1. The first-order chi connectivity index (χ1) is 12.8. The van der Waals surface area contributed by atoms with E-state index in [2.05, 4.69) is 4.98 Å². The van der Waals surface area contributed by atoms with Crippen LogP contribution in [0.4, 0.5) is 5.82 Å². The van der Waals surface area contributed by atoms with Gasteiger partial charge in [0.25, 0.3) is 0 Å². The molecular weight excluding hydrogens is 354 g/mol. The Hall–Kier alpha value is -2.59. The van der Waals surface area contributed by atoms with Gasteiger partial charge in [-0.2, -0.15) is 4.98 Å². The lowest BCUT2D eigenvalue weighted by molar-refractivity contribution is -0.0859. The number of carbonyl (C=O) groups excluding carboxylic acids is 1. The number of rotatable bonds is 5. The van der Waals surface area contributed by atoms with Crippen LogP contribution in [0.5, 0.6) is 0 Å². The smallest absolute Gasteiger partial charge is 0.351 e. The molecule has 0 bridgehead atoms. The van der Waals surface area contributed by atoms with Crippen molar-refractivity contribution in [3.8, 4) is 0 Å². The van der Waals surface area contributed by atoms with Crippen LogP contribution in [0.25, 0.3) is 0 Å². The molecule has 3 rings (SSSR count). The Labute approximate surface area is 155 Å². The highest BCUT2D eigenvalue weighted by atomic mass is 16.6. The molecule has 144 valence electrons. The van der Waals surface area contributed by atoms with E-state index in [1.54, 1.807) is 37.2 Å². The second kappa shape index (κ2) is 7.20. The van der Waals surface area contributed by atoms with Crippen LogP contribution in [0, 0.1) is 0 Å². The lowest BCUT2D eigenvalue weighted by atomic mass is 9.85. The molecule has 3 N–H and O–H groups in total. The number of hydrogen-bond donors (Lipinski definition) is 3. The van der Waals surface area contributed by atoms with Gasteiger partial charge in [0, 0.05) is 25.9 Å². The maximum Gasteiger partial charge on any atom is 0.351 e. The molecule has 4 atom stereocenters. The van der Waals surface area contributed by atoms with Crippen molar-refractivity contribution in [1.29, 1.82) is 0 Å². The van der Waals surface area contributed by atoms with Gasteiger partial charge in [0.1, 0.15) is 18.0 Å². The summed E-state index contributed by atoms with van der Waals surface area (Å²) >= 11 is 0. The van der Waals surface area contributed by atoms with Gasteiger partial charge in [0.2, 0.25) is 11.4 Å². The maximum absolute atomic E-state index is 13.0. The number of ketones is 1. The molecule has 0 saturated carbocycles. The standard InChI is InChI=1S/C18H21N3O6/c1-20(2)13-8-9-21(17(25)19-13)16-18(26,15(24)12(10-22)27-16)14(23)11-6-4-3-5-7-11/h3-9,12,15-16,22,24,26H,10H2,1-2H3/t12-,15-,16-,18+/m1/s1. The zero-order valence-corrected chi connectivity index (χ0v) is 14.9. The Kier molecular flexibility index (Phi) is 5.11. The summed E-state index contributed by atoms with van der Waals surface area (Å²) in [6.45, 7) is -0.639. The van der Waals surface area contributed by atoms with Crippen molar-refractivity contribution in [2.24, 2.45) is 0 Å². The van der Waals surface area contributed by atoms with Crippen LogP contribution in [0.1, 0.15) is 16.6 Å². The molecule has 9 nitrogen and oxygen atoms in total. The molecule has 1 fully saturated rings. The molecule has 0 radical (unpaired) electrons. The van der Waals surface area contributed by atoms with E-state index in [9.17, 15) is 24.9 Å². The molecule has 0 amide bonds. The van der Waals surface area contributed by atoms with Crippen LogP contribution in [0.2, 0.25) is 0 Å². The van der Waals surface area contributed by atoms with E-state index in [1.165, 1.54) is 24.4 Å². The number of Topliss-reactive ketones (excluding diaryl/α,β-unsaturated/α-hetero) is 1. The zero-order chi connectivity index (χ0) is 19.8. The number of ether oxygens (including phenoxy) is 1. The molecule has 1 aromatic heterocycles. The Morgan fingerprint density at radius 2 is 1.96 bits per heavy atom. The average Bonchev–Trinajstić information content (AvgIpc) is 2.93. The minimum atomic E-state index is -2.47. The molecule has 2 aromatic rings. The highest BCUT2D eigenvalue weighted by molar-refractivity contribution is 6.03. The first kappa shape index (κ1) is 19.2. The van der Waals surface area contributed by atoms with Crippen molar-refractivity contribution in [3.05, 3.63) is 58.6 Å². The summed E-state index contributed by atoms with van der Waals surface area (Å²) in [4.78, 5) is 31.0. The molecule has 2 heterocycles. The topological polar surface area (TPSA) is 125 Å². The number of aliphatic hydroxyl groups is 3. The maximum atomic E-state index is 13.0. The van der Waals surface area contributed by atoms with Gasteiger partial charge in [-0.3, -0.25) is 9.36 Å². The van der Waals surface area contributed by atoms with Crippen molar-refractivity contribution in [2.75, 3.05) is 25.6 Å². The largest absolute Gasteiger partial charge is 0.394 e. The molecular formula is C18H21N3O6. The Morgan fingerprint density at radius 3 is 2.52 bits per heavy atom. The fourth-order valence-electron chi connectivity index (χ4n) is 3.09. The van der Waals surface area contributed by atoms with E-state index >= 15 is 0 Å². The third kappa shape index (κ3) is 3.15. The van der Waals surface area contributed by atoms with Crippen molar-refractivity contribution in [3.63, 3.8) is 0 Å². The van der Waals surface area contributed by atoms with Gasteiger partial charge in [0.05, 0.1) is 6.61 Å². The van der Waals surface area contributed by atoms with E-state index in [4.69, 9.17) is 4.74 Å². The van der Waals surface area contributed by atoms with Crippen LogP contribution in [-0.2, 0) is 4.74 Å². The Balaban J connectivity index is 2.10. The molecule has 0 aliphatic carbocycles. The van der Waals surface area contributed by atoms with Gasteiger partial charge in [-0.15, -0.1) is 0 Å². The molecule has 1 aromatic carbocycles. The van der Waals surface area contributed by atoms with Gasteiger partial charge >= 0.3 is 5.69 Å². The van der Waals surface area contributed by atoms with Gasteiger partial charge in [-0.1, -0.05) is 30.3 Å². The molecule has 1 aliphatic heterocycles. The van der Waals surface area contributed by atoms with Crippen molar-refractivity contribution in [1.82, 2.24) is 9.55 Å². The SMILES string of the molecule is CN(C)c1ccn([C@@H]2O[C@H](CO)[C@@H](O)[C@@]2(O)C(=O)c2ccccc2)c(=O)n1. The van der Waals surface area contributed by atoms with E-state index < -0.39 is 42.1 Å². The molecule has 0 spiro atoms. The van der Waals surface area contributed by atoms with E-state index in [-0.39, 0.29) is 5.56 Å². The van der Waals surface area contributed by atoms with Crippen LogP contribution in [0.15, 0.2) is 47.4 Å². The third-order valence-corrected chi connectivity index (χ3v) is 4.59. The number of anilines is 1. The molecule has 1 saturated heterocycles. The van der Waals surface area contributed by atoms with Crippen LogP contribution >= 0.6 is 0 Å². The van der Waals surface area contributed by atoms with Gasteiger partial charge in [-0.05, 0) is 6.07 Å². The van der Waals surface area contributed by atoms with Crippen molar-refractivity contribution in [2.45, 2.75) is 24.0 Å². The summed E-state index contributed by atoms with van der Waals surface area (Å²) in [5.74, 6) is -0.438. The van der Waals surface area contributed by atoms with E-state index in [1.807, 2.05) is 0 Å². The van der Waals surface area contributed by atoms with Gasteiger partial charge in [0.15, 0.2) is 6.23 Å². The summed E-state index contributed by atoms with van der Waals surface area (Å²) in [7, 11) is 3.41. The van der Waals surface area contributed by atoms with Gasteiger partial charge < -0.3 is 25.0 Å². The third-order valence-electron chi connectivity index (χ3n) is 4.59. The van der Waals surface area contributed by atoms with Gasteiger partial charge in [-0.25, -0.2) is 4.79 Å². The van der Waals surface area contributed by atoms with Crippen molar-refractivity contribution >= 4 is 11.6 Å². The number of carbonyl (C=O) groups is 1. The first-order valence-corrected chi connectivity index (χ1v) is 8.33. The summed E-state index contributed by atoms with van der Waals surface area (Å²) < 4.78 is 6.42. The Morgan fingerprint density at radius 1 is 1.30 bits per heavy atom. The number of aromatic nitrogens is 2. The van der Waals surface area contributed by atoms with Crippen LogP contribution in [-0.4, -0.2) is 69.2 Å². The normalized spacial score (nSPS) is 27.5. The quantitative estimate of drug-likeness (QED) is 0.579. The second-order valence-electron chi connectivity index (χ2n) is 6.54.